The predicted octanol–water partition coefficient (Wildman–Crippen LogP) is 7.62. The van der Waals surface area contributed by atoms with Crippen LogP contribution in [0.2, 0.25) is 5.02 Å². The van der Waals surface area contributed by atoms with Gasteiger partial charge in [0.05, 0.1) is 41.7 Å². The number of nitrogens with zero attached hydrogens (tertiary/aromatic N) is 7. The van der Waals surface area contributed by atoms with Gasteiger partial charge in [0.25, 0.3) is 0 Å². The number of aromatic nitrogens is 6. The molecule has 0 bridgehead atoms. The highest BCUT2D eigenvalue weighted by atomic mass is 35.5. The maximum absolute atomic E-state index is 16.9. The Bertz CT molecular complexity index is 2030. The number of benzene rings is 2. The predicted molar refractivity (Wildman–Crippen MR) is 192 cm³/mol. The normalized spacial score (nSPS) is 14.4. The molecule has 11 nitrogen and oxygen atoms in total. The van der Waals surface area contributed by atoms with Crippen LogP contribution < -0.4 is 25.6 Å². The van der Waals surface area contributed by atoms with Crippen molar-refractivity contribution in [1.82, 2.24) is 29.7 Å². The molecule has 0 aliphatic carbocycles. The lowest BCUT2D eigenvalue weighted by molar-refractivity contribution is 0.199. The molecular weight excluding hydrogens is 652 g/mol. The fraction of sp³-hybridized carbons (Fsp3) is 0.382. The van der Waals surface area contributed by atoms with Gasteiger partial charge in [0, 0.05) is 55.9 Å². The van der Waals surface area contributed by atoms with Crippen LogP contribution in [0.25, 0.3) is 22.2 Å². The fourth-order valence-corrected chi connectivity index (χ4v) is 7.91. The topological polar surface area (TPSA) is 123 Å². The standard InChI is InChI=1S/C34H40ClFN9O2P/c1-34(2,3)21-10-14-45(15-11-21)25-16-26(47-5)30(28(36)27(25)20-17-40-44(4)19-20)42-33-39-18-22(35)32(43-33)41-24-9-8-23-29(38-13-12-37-23)31(24)48(6,7)46/h8-9,12-13,16-19,21H,10-11,14-15H2,1-7H3,(H2,39,41,42,43). The van der Waals surface area contributed by atoms with Crippen molar-refractivity contribution in [3.63, 3.8) is 0 Å². The number of nitrogens with one attached hydrogen (secondary N) is 2. The van der Waals surface area contributed by atoms with Crippen LogP contribution in [-0.2, 0) is 11.6 Å². The van der Waals surface area contributed by atoms with Gasteiger partial charge in [0.2, 0.25) is 5.95 Å². The van der Waals surface area contributed by atoms with Crippen LogP contribution in [-0.4, -0.2) is 63.2 Å². The van der Waals surface area contributed by atoms with Crippen LogP contribution in [0.15, 0.2) is 49.2 Å². The van der Waals surface area contributed by atoms with Crippen LogP contribution in [0.1, 0.15) is 33.6 Å². The second-order valence-corrected chi connectivity index (χ2v) is 17.1. The van der Waals surface area contributed by atoms with Crippen molar-refractivity contribution < 1.29 is 13.7 Å². The van der Waals surface area contributed by atoms with E-state index >= 15 is 4.39 Å². The van der Waals surface area contributed by atoms with Gasteiger partial charge < -0.3 is 24.8 Å². The molecule has 0 unspecified atom stereocenters. The third kappa shape index (κ3) is 6.69. The third-order valence-corrected chi connectivity index (χ3v) is 10.7. The Morgan fingerprint density at radius 1 is 1.06 bits per heavy atom. The van der Waals surface area contributed by atoms with Crippen molar-refractivity contribution in [3.05, 3.63) is 60.0 Å². The Morgan fingerprint density at radius 3 is 2.44 bits per heavy atom. The van der Waals surface area contributed by atoms with E-state index in [1.807, 2.05) is 6.07 Å². The van der Waals surface area contributed by atoms with E-state index in [4.69, 9.17) is 16.3 Å². The highest BCUT2D eigenvalue weighted by Crippen LogP contribution is 2.46. The number of ether oxygens (including phenoxy) is 1. The first-order chi connectivity index (χ1) is 22.7. The zero-order valence-electron chi connectivity index (χ0n) is 28.2. The average Bonchev–Trinajstić information content (AvgIpc) is 3.47. The van der Waals surface area contributed by atoms with E-state index in [-0.39, 0.29) is 27.9 Å². The molecule has 1 saturated heterocycles. The minimum Gasteiger partial charge on any atom is -0.494 e. The summed E-state index contributed by atoms with van der Waals surface area (Å²) in [6, 6.07) is 5.41. The third-order valence-electron chi connectivity index (χ3n) is 8.87. The monoisotopic (exact) mass is 691 g/mol. The quantitative estimate of drug-likeness (QED) is 0.157. The largest absolute Gasteiger partial charge is 0.494 e. The van der Waals surface area contributed by atoms with Crippen molar-refractivity contribution in [2.24, 2.45) is 18.4 Å². The minimum atomic E-state index is -2.84. The molecular formula is C34H40ClFN9O2P. The first-order valence-corrected chi connectivity index (χ1v) is 18.7. The number of fused-ring (bicyclic) bond motifs is 1. The maximum Gasteiger partial charge on any atom is 0.229 e. The van der Waals surface area contributed by atoms with E-state index in [9.17, 15) is 4.57 Å². The summed E-state index contributed by atoms with van der Waals surface area (Å²) in [5.41, 5.74) is 3.74. The number of halogens is 2. The van der Waals surface area contributed by atoms with Crippen molar-refractivity contribution in [1.29, 1.82) is 0 Å². The van der Waals surface area contributed by atoms with Crippen LogP contribution in [0.5, 0.6) is 5.75 Å². The number of anilines is 5. The lowest BCUT2D eigenvalue weighted by Gasteiger charge is -2.40. The highest BCUT2D eigenvalue weighted by molar-refractivity contribution is 7.71. The maximum atomic E-state index is 16.9. The zero-order chi connectivity index (χ0) is 34.4. The van der Waals surface area contributed by atoms with Gasteiger partial charge in [-0.3, -0.25) is 14.6 Å². The molecule has 1 aliphatic heterocycles. The molecule has 48 heavy (non-hydrogen) atoms. The molecule has 4 heterocycles. The Balaban J connectivity index is 1.39. The lowest BCUT2D eigenvalue weighted by atomic mass is 9.75. The summed E-state index contributed by atoms with van der Waals surface area (Å²) in [7, 11) is 0.468. The van der Waals surface area contributed by atoms with Gasteiger partial charge in [-0.2, -0.15) is 10.1 Å². The molecule has 0 atom stereocenters. The molecule has 14 heteroatoms. The van der Waals surface area contributed by atoms with Crippen molar-refractivity contribution in [2.45, 2.75) is 33.6 Å². The Morgan fingerprint density at radius 2 is 1.79 bits per heavy atom. The van der Waals surface area contributed by atoms with Crippen molar-refractivity contribution in [2.75, 3.05) is 49.1 Å². The fourth-order valence-electron chi connectivity index (χ4n) is 6.37. The van der Waals surface area contributed by atoms with Gasteiger partial charge in [-0.05, 0) is 49.6 Å². The second kappa shape index (κ2) is 13.0. The minimum absolute atomic E-state index is 0.0752. The summed E-state index contributed by atoms with van der Waals surface area (Å²) in [4.78, 5) is 20.0. The molecule has 252 valence electrons. The lowest BCUT2D eigenvalue weighted by Crippen LogP contribution is -2.38. The summed E-state index contributed by atoms with van der Waals surface area (Å²) < 4.78 is 37.7. The number of hydrogen-bond donors (Lipinski definition) is 2. The van der Waals surface area contributed by atoms with Gasteiger partial charge in [-0.15, -0.1) is 0 Å². The van der Waals surface area contributed by atoms with Crippen LogP contribution >= 0.6 is 18.7 Å². The molecule has 6 rings (SSSR count). The molecule has 0 spiro atoms. The summed E-state index contributed by atoms with van der Waals surface area (Å²) in [6.07, 6.45) is 10.0. The molecule has 3 aromatic heterocycles. The van der Waals surface area contributed by atoms with Gasteiger partial charge in [-0.1, -0.05) is 32.4 Å². The van der Waals surface area contributed by atoms with E-state index in [2.05, 4.69) is 61.3 Å². The Hall–Kier alpha value is -4.28. The van der Waals surface area contributed by atoms with E-state index in [0.717, 1.165) is 31.6 Å². The molecule has 0 amide bonds. The van der Waals surface area contributed by atoms with Crippen LogP contribution in [0.4, 0.5) is 33.2 Å². The molecule has 0 saturated carbocycles. The molecule has 2 aromatic carbocycles. The van der Waals surface area contributed by atoms with E-state index in [1.165, 1.54) is 13.3 Å². The molecule has 5 aromatic rings. The Labute approximate surface area is 284 Å². The second-order valence-electron chi connectivity index (χ2n) is 13.6. The van der Waals surface area contributed by atoms with E-state index in [1.54, 1.807) is 62.0 Å². The van der Waals surface area contributed by atoms with E-state index in [0.29, 0.717) is 44.8 Å². The van der Waals surface area contributed by atoms with Gasteiger partial charge in [0.15, 0.2) is 11.6 Å². The summed E-state index contributed by atoms with van der Waals surface area (Å²) in [5.74, 6) is 0.671. The number of aryl methyl sites for hydroxylation is 1. The molecule has 1 fully saturated rings. The smallest absolute Gasteiger partial charge is 0.229 e. The molecule has 1 aliphatic rings. The van der Waals surface area contributed by atoms with Crippen LogP contribution in [0.3, 0.4) is 0 Å². The first kappa shape index (κ1) is 33.6. The number of piperidine rings is 1. The molecule has 2 N–H and O–H groups in total. The Kier molecular flexibility index (Phi) is 9.08. The number of rotatable bonds is 8. The van der Waals surface area contributed by atoms with Crippen molar-refractivity contribution in [3.8, 4) is 16.9 Å². The van der Waals surface area contributed by atoms with Crippen LogP contribution in [0, 0.1) is 17.2 Å². The zero-order valence-corrected chi connectivity index (χ0v) is 29.8. The van der Waals surface area contributed by atoms with Crippen molar-refractivity contribution >= 4 is 63.9 Å². The number of methoxy groups -OCH3 is 1. The van der Waals surface area contributed by atoms with Gasteiger partial charge in [-0.25, -0.2) is 9.37 Å². The highest BCUT2D eigenvalue weighted by Gasteiger charge is 2.32. The molecule has 0 radical (unpaired) electrons. The SMILES string of the molecule is COc1cc(N2CCC(C(C)(C)C)CC2)c(-c2cnn(C)c2)c(F)c1Nc1ncc(Cl)c(Nc2ccc3nccnc3c2P(C)(C)=O)n1. The van der Waals surface area contributed by atoms with E-state index < -0.39 is 13.0 Å². The first-order valence-electron chi connectivity index (χ1n) is 15.7. The summed E-state index contributed by atoms with van der Waals surface area (Å²) >= 11 is 6.55. The average molecular weight is 692 g/mol. The van der Waals surface area contributed by atoms with Gasteiger partial charge >= 0.3 is 0 Å². The number of hydrogen-bond acceptors (Lipinski definition) is 10. The summed E-state index contributed by atoms with van der Waals surface area (Å²) in [5, 5.41) is 11.3. The van der Waals surface area contributed by atoms with Gasteiger partial charge in [0.1, 0.15) is 29.1 Å². The summed E-state index contributed by atoms with van der Waals surface area (Å²) in [6.45, 7) is 11.8.